The smallest absolute Gasteiger partial charge is 0.217 e. The molecule has 152 valence electrons. The minimum atomic E-state index is -1.77. The number of carbonyl (C=O) groups excluding carboxylic acids is 1. The van der Waals surface area contributed by atoms with Crippen LogP contribution in [0.3, 0.4) is 0 Å². The molecule has 2 saturated heterocycles. The van der Waals surface area contributed by atoms with Gasteiger partial charge in [-0.25, -0.2) is 0 Å². The van der Waals surface area contributed by atoms with Gasteiger partial charge >= 0.3 is 0 Å². The average Bonchev–Trinajstić information content (AvgIpc) is 2.60. The van der Waals surface area contributed by atoms with Crippen molar-refractivity contribution in [1.29, 1.82) is 0 Å². The molecule has 26 heavy (non-hydrogen) atoms. The number of hydrogen-bond acceptors (Lipinski definition) is 11. The second-order valence-electron chi connectivity index (χ2n) is 6.26. The van der Waals surface area contributed by atoms with Gasteiger partial charge in [-0.3, -0.25) is 4.79 Å². The predicted molar refractivity (Wildman–Crippen MR) is 80.2 cm³/mol. The van der Waals surface area contributed by atoms with Crippen LogP contribution in [-0.4, -0.2) is 116 Å². The fourth-order valence-corrected chi connectivity index (χ4v) is 2.97. The number of hydrogen-bond donors (Lipinski definition) is 8. The topological polar surface area (TPSA) is 198 Å². The predicted octanol–water partition coefficient (Wildman–Crippen LogP) is -5.25. The molecule has 12 nitrogen and oxygen atoms in total. The van der Waals surface area contributed by atoms with E-state index in [9.17, 15) is 40.5 Å². The zero-order valence-electron chi connectivity index (χ0n) is 14.0. The maximum absolute atomic E-state index is 11.4. The molecule has 0 aromatic heterocycles. The van der Waals surface area contributed by atoms with Gasteiger partial charge in [0.15, 0.2) is 12.6 Å². The van der Waals surface area contributed by atoms with Crippen LogP contribution in [0.25, 0.3) is 0 Å². The summed E-state index contributed by atoms with van der Waals surface area (Å²) in [4.78, 5) is 11.4. The first kappa shape index (κ1) is 21.4. The fraction of sp³-hybridized carbons (Fsp3) is 0.929. The van der Waals surface area contributed by atoms with Crippen LogP contribution in [0.15, 0.2) is 0 Å². The van der Waals surface area contributed by atoms with E-state index in [4.69, 9.17) is 14.2 Å². The molecule has 0 saturated carbocycles. The molecule has 12 heteroatoms. The molecule has 2 aliphatic heterocycles. The summed E-state index contributed by atoms with van der Waals surface area (Å²) in [6, 6.07) is -1.29. The summed E-state index contributed by atoms with van der Waals surface area (Å²) in [5.41, 5.74) is 0. The lowest BCUT2D eigenvalue weighted by Gasteiger charge is -2.46. The van der Waals surface area contributed by atoms with E-state index in [-0.39, 0.29) is 0 Å². The Morgan fingerprint density at radius 2 is 1.50 bits per heavy atom. The highest BCUT2D eigenvalue weighted by atomic mass is 16.7. The molecule has 0 aromatic rings. The molecule has 1 amide bonds. The van der Waals surface area contributed by atoms with Crippen LogP contribution < -0.4 is 5.32 Å². The van der Waals surface area contributed by atoms with Crippen molar-refractivity contribution in [3.05, 3.63) is 0 Å². The highest BCUT2D eigenvalue weighted by Gasteiger charge is 2.50. The lowest BCUT2D eigenvalue weighted by Crippen LogP contribution is -2.67. The number of carbonyl (C=O) groups is 1. The summed E-state index contributed by atoms with van der Waals surface area (Å²) < 4.78 is 15.6. The highest BCUT2D eigenvalue weighted by molar-refractivity contribution is 5.73. The van der Waals surface area contributed by atoms with E-state index in [0.717, 1.165) is 6.92 Å². The van der Waals surface area contributed by atoms with Gasteiger partial charge in [0.1, 0.15) is 48.8 Å². The van der Waals surface area contributed by atoms with Gasteiger partial charge < -0.3 is 55.3 Å². The van der Waals surface area contributed by atoms with Gasteiger partial charge in [0.05, 0.1) is 13.2 Å². The Bertz CT molecular complexity index is 480. The Kier molecular flexibility index (Phi) is 7.27. The molecule has 0 bridgehead atoms. The van der Waals surface area contributed by atoms with E-state index in [2.05, 4.69) is 5.32 Å². The molecule has 2 heterocycles. The number of aliphatic hydroxyl groups is 7. The Labute approximate surface area is 148 Å². The van der Waals surface area contributed by atoms with Gasteiger partial charge in [-0.2, -0.15) is 0 Å². The van der Waals surface area contributed by atoms with Crippen LogP contribution in [0.1, 0.15) is 6.92 Å². The van der Waals surface area contributed by atoms with Crippen LogP contribution >= 0.6 is 0 Å². The molecule has 0 aromatic carbocycles. The third kappa shape index (κ3) is 4.31. The van der Waals surface area contributed by atoms with Crippen molar-refractivity contribution < 1.29 is 54.8 Å². The summed E-state index contributed by atoms with van der Waals surface area (Å²) in [6.45, 7) is -0.199. The van der Waals surface area contributed by atoms with E-state index in [1.54, 1.807) is 0 Å². The number of aliphatic hydroxyl groups excluding tert-OH is 7. The minimum absolute atomic E-state index is 0.581. The maximum atomic E-state index is 11.4. The van der Waals surface area contributed by atoms with Crippen LogP contribution in [0.5, 0.6) is 0 Å². The van der Waals surface area contributed by atoms with Crippen molar-refractivity contribution in [2.45, 2.75) is 68.3 Å². The Morgan fingerprint density at radius 1 is 0.923 bits per heavy atom. The van der Waals surface area contributed by atoms with E-state index in [0.29, 0.717) is 0 Å². The molecule has 0 aliphatic carbocycles. The van der Waals surface area contributed by atoms with Crippen molar-refractivity contribution >= 4 is 5.91 Å². The van der Waals surface area contributed by atoms with Crippen molar-refractivity contribution in [2.75, 3.05) is 13.2 Å². The normalized spacial score (nSPS) is 46.8. The average molecular weight is 383 g/mol. The second kappa shape index (κ2) is 8.84. The zero-order valence-corrected chi connectivity index (χ0v) is 14.0. The number of amides is 1. The van der Waals surface area contributed by atoms with Crippen molar-refractivity contribution in [1.82, 2.24) is 5.32 Å². The van der Waals surface area contributed by atoms with Crippen LogP contribution in [0.2, 0.25) is 0 Å². The van der Waals surface area contributed by atoms with Gasteiger partial charge in [0, 0.05) is 6.92 Å². The minimum Gasteiger partial charge on any atom is -0.394 e. The summed E-state index contributed by atoms with van der Waals surface area (Å²) in [6.07, 6.45) is -13.7. The van der Waals surface area contributed by atoms with Crippen LogP contribution in [0.4, 0.5) is 0 Å². The lowest BCUT2D eigenvalue weighted by atomic mass is 9.95. The molecule has 2 rings (SSSR count). The summed E-state index contributed by atoms with van der Waals surface area (Å²) >= 11 is 0. The second-order valence-corrected chi connectivity index (χ2v) is 6.26. The molecule has 0 radical (unpaired) electrons. The molecule has 8 N–H and O–H groups in total. The molecule has 0 spiro atoms. The van der Waals surface area contributed by atoms with Crippen LogP contribution in [-0.2, 0) is 19.0 Å². The van der Waals surface area contributed by atoms with E-state index < -0.39 is 80.5 Å². The quantitative estimate of drug-likeness (QED) is 0.226. The van der Waals surface area contributed by atoms with Crippen LogP contribution in [0, 0.1) is 0 Å². The van der Waals surface area contributed by atoms with Gasteiger partial charge in [0.25, 0.3) is 0 Å². The standard InChI is InChI=1S/C14H25NO11/c1-4(18)15-7-10(21)8(19)5(2-16)25-14(7)26-12-9(20)6(3-17)24-13(23)11(12)22/h5-14,16-17,19-23H,2-3H2,1H3,(H,15,18)/t5-,6-,7-,8-,9+,10-,11-,12+,13?,14-/m1/s1. The van der Waals surface area contributed by atoms with Crippen molar-refractivity contribution in [3.63, 3.8) is 0 Å². The lowest BCUT2D eigenvalue weighted by molar-refractivity contribution is -0.341. The Morgan fingerprint density at radius 3 is 2.04 bits per heavy atom. The van der Waals surface area contributed by atoms with Gasteiger partial charge in [-0.05, 0) is 0 Å². The molecule has 2 aliphatic rings. The number of ether oxygens (including phenoxy) is 3. The zero-order chi connectivity index (χ0) is 19.6. The third-order valence-corrected chi connectivity index (χ3v) is 4.38. The fourth-order valence-electron chi connectivity index (χ4n) is 2.97. The highest BCUT2D eigenvalue weighted by Crippen LogP contribution is 2.28. The van der Waals surface area contributed by atoms with E-state index >= 15 is 0 Å². The first-order valence-electron chi connectivity index (χ1n) is 8.06. The van der Waals surface area contributed by atoms with Crippen molar-refractivity contribution in [2.24, 2.45) is 0 Å². The Balaban J connectivity index is 2.22. The SMILES string of the molecule is CC(=O)N[C@H]1[C@@H](O[C@H]2[C@@H](O)[C@@H](CO)OC(O)[C@@H]2O)O[C@H](CO)[C@@H](O)[C@@H]1O. The number of nitrogens with one attached hydrogen (secondary N) is 1. The largest absolute Gasteiger partial charge is 0.394 e. The third-order valence-electron chi connectivity index (χ3n) is 4.38. The summed E-state index contributed by atoms with van der Waals surface area (Å²) in [5, 5.41) is 70.8. The molecular weight excluding hydrogens is 358 g/mol. The maximum Gasteiger partial charge on any atom is 0.217 e. The molecular formula is C14H25NO11. The first-order chi connectivity index (χ1) is 12.2. The first-order valence-corrected chi connectivity index (χ1v) is 8.06. The summed E-state index contributed by atoms with van der Waals surface area (Å²) in [7, 11) is 0. The van der Waals surface area contributed by atoms with Gasteiger partial charge in [-0.1, -0.05) is 0 Å². The van der Waals surface area contributed by atoms with Gasteiger partial charge in [-0.15, -0.1) is 0 Å². The van der Waals surface area contributed by atoms with E-state index in [1.165, 1.54) is 0 Å². The molecule has 2 fully saturated rings. The van der Waals surface area contributed by atoms with E-state index in [1.807, 2.05) is 0 Å². The van der Waals surface area contributed by atoms with Gasteiger partial charge in [0.2, 0.25) is 5.91 Å². The molecule has 1 unspecified atom stereocenters. The summed E-state index contributed by atoms with van der Waals surface area (Å²) in [5.74, 6) is -0.581. The molecule has 10 atom stereocenters. The Hall–Kier alpha value is -0.930. The van der Waals surface area contributed by atoms with Crippen molar-refractivity contribution in [3.8, 4) is 0 Å². The monoisotopic (exact) mass is 383 g/mol. The number of rotatable bonds is 5.